The Kier molecular flexibility index (Phi) is 8.09. The zero-order chi connectivity index (χ0) is 27.3. The zero-order valence-corrected chi connectivity index (χ0v) is 23.2. The predicted molar refractivity (Wildman–Crippen MR) is 148 cm³/mol. The zero-order valence-electron chi connectivity index (χ0n) is 19.9. The Morgan fingerprint density at radius 1 is 0.842 bits per heavy atom. The highest BCUT2D eigenvalue weighted by Gasteiger charge is 2.27. The minimum Gasteiger partial charge on any atom is -0.325 e. The first-order chi connectivity index (χ1) is 18.0. The third-order valence-corrected chi connectivity index (χ3v) is 8.91. The lowest BCUT2D eigenvalue weighted by Gasteiger charge is -2.24. The fourth-order valence-corrected chi connectivity index (χ4v) is 5.98. The highest BCUT2D eigenvalue weighted by atomic mass is 79.9. The van der Waals surface area contributed by atoms with Gasteiger partial charge in [0.2, 0.25) is 11.9 Å². The van der Waals surface area contributed by atoms with Crippen molar-refractivity contribution in [3.63, 3.8) is 0 Å². The molecule has 0 atom stereocenters. The van der Waals surface area contributed by atoms with E-state index in [2.05, 4.69) is 35.9 Å². The topological polar surface area (TPSA) is 138 Å². The van der Waals surface area contributed by atoms with E-state index >= 15 is 0 Å². The number of amides is 1. The third kappa shape index (κ3) is 6.54. The number of hydrogen-bond donors (Lipinski definition) is 2. The monoisotopic (exact) mass is 615 g/mol. The van der Waals surface area contributed by atoms with Gasteiger partial charge in [-0.2, -0.15) is 0 Å². The highest BCUT2D eigenvalue weighted by molar-refractivity contribution is 9.10. The Morgan fingerprint density at radius 2 is 1.42 bits per heavy atom. The standard InChI is InChI=1S/C25H22BrN5O5S2/c1-18-3-11-23(12-4-18)38(35,36)31(21-9-5-19(26)6-10-21)17-24(32)29-20-7-13-22(14-8-20)37(33,34)30-25-27-15-2-16-28-25/h2-16H,17H2,1H3,(H,29,32)(H,27,28,30). The molecule has 2 N–H and O–H groups in total. The second-order valence-corrected chi connectivity index (χ2v) is 12.5. The summed E-state index contributed by atoms with van der Waals surface area (Å²) in [5.41, 5.74) is 1.49. The summed E-state index contributed by atoms with van der Waals surface area (Å²) in [5, 5.41) is 2.62. The van der Waals surface area contributed by atoms with Crippen molar-refractivity contribution in [3.8, 4) is 0 Å². The van der Waals surface area contributed by atoms with Crippen molar-refractivity contribution in [3.05, 3.63) is 101 Å². The maximum atomic E-state index is 13.5. The number of aryl methyl sites for hydroxylation is 1. The number of halogens is 1. The van der Waals surface area contributed by atoms with Crippen LogP contribution >= 0.6 is 15.9 Å². The average Bonchev–Trinajstić information content (AvgIpc) is 2.89. The summed E-state index contributed by atoms with van der Waals surface area (Å²) >= 11 is 3.33. The smallest absolute Gasteiger partial charge is 0.264 e. The maximum absolute atomic E-state index is 13.5. The molecule has 1 amide bonds. The molecule has 0 aliphatic carbocycles. The first-order valence-electron chi connectivity index (χ1n) is 11.1. The lowest BCUT2D eigenvalue weighted by molar-refractivity contribution is -0.114. The van der Waals surface area contributed by atoms with Crippen LogP contribution in [0.1, 0.15) is 5.56 Å². The van der Waals surface area contributed by atoms with E-state index in [1.54, 1.807) is 42.5 Å². The number of aromatic nitrogens is 2. The molecule has 10 nitrogen and oxygen atoms in total. The molecule has 0 bridgehead atoms. The average molecular weight is 617 g/mol. The molecule has 0 spiro atoms. The first kappa shape index (κ1) is 27.2. The number of nitrogens with one attached hydrogen (secondary N) is 2. The van der Waals surface area contributed by atoms with Gasteiger partial charge in [0.25, 0.3) is 20.0 Å². The number of rotatable bonds is 9. The van der Waals surface area contributed by atoms with Gasteiger partial charge in [0, 0.05) is 22.6 Å². The van der Waals surface area contributed by atoms with Crippen molar-refractivity contribution < 1.29 is 21.6 Å². The van der Waals surface area contributed by atoms with Crippen LogP contribution in [0.2, 0.25) is 0 Å². The molecule has 0 radical (unpaired) electrons. The summed E-state index contributed by atoms with van der Waals surface area (Å²) in [6.45, 7) is 1.34. The van der Waals surface area contributed by atoms with Crippen LogP contribution in [0.25, 0.3) is 0 Å². The largest absolute Gasteiger partial charge is 0.325 e. The van der Waals surface area contributed by atoms with Gasteiger partial charge in [-0.3, -0.25) is 9.10 Å². The fourth-order valence-electron chi connectivity index (χ4n) is 3.34. The lowest BCUT2D eigenvalue weighted by Crippen LogP contribution is -2.38. The molecule has 1 heterocycles. The minimum absolute atomic E-state index is 0.0447. The van der Waals surface area contributed by atoms with E-state index in [9.17, 15) is 21.6 Å². The van der Waals surface area contributed by atoms with Gasteiger partial charge in [0.15, 0.2) is 0 Å². The number of anilines is 3. The molecule has 0 aliphatic rings. The molecule has 4 rings (SSSR count). The van der Waals surface area contributed by atoms with E-state index in [0.29, 0.717) is 5.69 Å². The summed E-state index contributed by atoms with van der Waals surface area (Å²) < 4.78 is 56.1. The van der Waals surface area contributed by atoms with Gasteiger partial charge in [0.05, 0.1) is 15.5 Å². The number of carbonyl (C=O) groups excluding carboxylic acids is 1. The number of benzene rings is 3. The highest BCUT2D eigenvalue weighted by Crippen LogP contribution is 2.26. The van der Waals surface area contributed by atoms with Crippen molar-refractivity contribution in [2.75, 3.05) is 20.9 Å². The predicted octanol–water partition coefficient (Wildman–Crippen LogP) is 4.18. The van der Waals surface area contributed by atoms with E-state index in [4.69, 9.17) is 0 Å². The van der Waals surface area contributed by atoms with Crippen molar-refractivity contribution in [1.82, 2.24) is 9.97 Å². The first-order valence-corrected chi connectivity index (χ1v) is 14.8. The van der Waals surface area contributed by atoms with Crippen LogP contribution < -0.4 is 14.3 Å². The molecule has 0 saturated heterocycles. The second kappa shape index (κ2) is 11.3. The minimum atomic E-state index is -4.07. The van der Waals surface area contributed by atoms with Crippen LogP contribution in [0.5, 0.6) is 0 Å². The van der Waals surface area contributed by atoms with Crippen LogP contribution in [0.3, 0.4) is 0 Å². The summed E-state index contributed by atoms with van der Waals surface area (Å²) in [7, 11) is -8.02. The molecule has 13 heteroatoms. The van der Waals surface area contributed by atoms with Gasteiger partial charge in [0.1, 0.15) is 6.54 Å². The number of sulfonamides is 2. The fraction of sp³-hybridized carbons (Fsp3) is 0.0800. The Labute approximate surface area is 229 Å². The maximum Gasteiger partial charge on any atom is 0.264 e. The SMILES string of the molecule is Cc1ccc(S(=O)(=O)N(CC(=O)Nc2ccc(S(=O)(=O)Nc3ncccn3)cc2)c2ccc(Br)cc2)cc1. The lowest BCUT2D eigenvalue weighted by atomic mass is 10.2. The van der Waals surface area contributed by atoms with E-state index < -0.39 is 32.5 Å². The van der Waals surface area contributed by atoms with Gasteiger partial charge in [-0.05, 0) is 73.7 Å². The molecular formula is C25H22BrN5O5S2. The summed E-state index contributed by atoms with van der Waals surface area (Å²) in [5.74, 6) is -0.692. The van der Waals surface area contributed by atoms with E-state index in [1.165, 1.54) is 48.8 Å². The van der Waals surface area contributed by atoms with Crippen LogP contribution in [0, 0.1) is 6.92 Å². The Balaban J connectivity index is 1.53. The molecule has 3 aromatic carbocycles. The molecule has 196 valence electrons. The van der Waals surface area contributed by atoms with E-state index in [1.807, 2.05) is 6.92 Å². The van der Waals surface area contributed by atoms with Crippen molar-refractivity contribution >= 4 is 59.2 Å². The number of hydrogen-bond acceptors (Lipinski definition) is 7. The molecule has 1 aromatic heterocycles. The molecule has 4 aromatic rings. The molecule has 0 saturated carbocycles. The van der Waals surface area contributed by atoms with Gasteiger partial charge in [-0.25, -0.2) is 31.5 Å². The molecule has 38 heavy (non-hydrogen) atoms. The summed E-state index contributed by atoms with van der Waals surface area (Å²) in [6.07, 6.45) is 2.81. The second-order valence-electron chi connectivity index (χ2n) is 8.05. The molecule has 0 aliphatic heterocycles. The van der Waals surface area contributed by atoms with Crippen LogP contribution in [-0.4, -0.2) is 39.3 Å². The Hall–Kier alpha value is -3.81. The van der Waals surface area contributed by atoms with Crippen molar-refractivity contribution in [1.29, 1.82) is 0 Å². The molecule has 0 fully saturated rings. The Bertz CT molecular complexity index is 1630. The number of nitrogens with zero attached hydrogens (tertiary/aromatic N) is 3. The van der Waals surface area contributed by atoms with E-state index in [0.717, 1.165) is 14.3 Å². The van der Waals surface area contributed by atoms with Crippen LogP contribution in [0.4, 0.5) is 17.3 Å². The quantitative estimate of drug-likeness (QED) is 0.288. The third-order valence-electron chi connectivity index (χ3n) is 5.25. The molecular weight excluding hydrogens is 594 g/mol. The van der Waals surface area contributed by atoms with Crippen molar-refractivity contribution in [2.45, 2.75) is 16.7 Å². The van der Waals surface area contributed by atoms with E-state index in [-0.39, 0.29) is 21.4 Å². The summed E-state index contributed by atoms with van der Waals surface area (Å²) in [6, 6.07) is 19.8. The van der Waals surface area contributed by atoms with Gasteiger partial charge in [-0.1, -0.05) is 33.6 Å². The van der Waals surface area contributed by atoms with Gasteiger partial charge >= 0.3 is 0 Å². The normalized spacial score (nSPS) is 11.5. The van der Waals surface area contributed by atoms with Crippen molar-refractivity contribution in [2.24, 2.45) is 0 Å². The van der Waals surface area contributed by atoms with Gasteiger partial charge < -0.3 is 5.32 Å². The van der Waals surface area contributed by atoms with Crippen LogP contribution in [0.15, 0.2) is 106 Å². The molecule has 0 unspecified atom stereocenters. The summed E-state index contributed by atoms with van der Waals surface area (Å²) in [4.78, 5) is 20.6. The Morgan fingerprint density at radius 3 is 2.03 bits per heavy atom. The number of carbonyl (C=O) groups is 1. The van der Waals surface area contributed by atoms with Gasteiger partial charge in [-0.15, -0.1) is 0 Å². The van der Waals surface area contributed by atoms with Crippen LogP contribution in [-0.2, 0) is 24.8 Å².